The SMILES string of the molecule is C=CC1CCC(c2ccc(C=CC3CCC(C(C)(CC)CC)CC3)cc2)CC1. The van der Waals surface area contributed by atoms with Gasteiger partial charge in [-0.25, -0.2) is 0 Å². The molecule has 0 amide bonds. The first-order chi connectivity index (χ1) is 13.6. The molecule has 2 saturated carbocycles. The molecule has 0 aromatic heterocycles. The molecule has 0 spiro atoms. The van der Waals surface area contributed by atoms with Crippen LogP contribution in [-0.2, 0) is 0 Å². The second-order valence-electron chi connectivity index (χ2n) is 9.85. The van der Waals surface area contributed by atoms with Gasteiger partial charge in [-0.1, -0.05) is 76.1 Å². The van der Waals surface area contributed by atoms with Crippen molar-refractivity contribution in [2.45, 2.75) is 90.9 Å². The summed E-state index contributed by atoms with van der Waals surface area (Å²) >= 11 is 0. The van der Waals surface area contributed by atoms with Crippen molar-refractivity contribution in [1.82, 2.24) is 0 Å². The molecule has 0 atom stereocenters. The Hall–Kier alpha value is -1.30. The minimum atomic E-state index is 0.565. The van der Waals surface area contributed by atoms with E-state index in [9.17, 15) is 0 Å². The van der Waals surface area contributed by atoms with Crippen LogP contribution in [0.3, 0.4) is 0 Å². The van der Waals surface area contributed by atoms with E-state index < -0.39 is 0 Å². The third-order valence-electron chi connectivity index (χ3n) is 8.45. The van der Waals surface area contributed by atoms with Crippen molar-refractivity contribution in [3.8, 4) is 0 Å². The summed E-state index contributed by atoms with van der Waals surface area (Å²) in [7, 11) is 0. The Kier molecular flexibility index (Phi) is 7.61. The minimum Gasteiger partial charge on any atom is -0.103 e. The molecule has 0 N–H and O–H groups in total. The van der Waals surface area contributed by atoms with Crippen molar-refractivity contribution in [3.05, 3.63) is 54.1 Å². The van der Waals surface area contributed by atoms with Crippen LogP contribution in [0.15, 0.2) is 43.0 Å². The lowest BCUT2D eigenvalue weighted by Gasteiger charge is -2.40. The van der Waals surface area contributed by atoms with Crippen molar-refractivity contribution < 1.29 is 0 Å². The van der Waals surface area contributed by atoms with Gasteiger partial charge in [0.15, 0.2) is 0 Å². The normalized spacial score (nSPS) is 29.1. The van der Waals surface area contributed by atoms with Crippen LogP contribution in [0.2, 0.25) is 0 Å². The molecule has 1 aromatic rings. The average molecular weight is 379 g/mol. The zero-order valence-electron chi connectivity index (χ0n) is 18.6. The van der Waals surface area contributed by atoms with E-state index in [0.717, 1.165) is 23.7 Å². The van der Waals surface area contributed by atoms with Gasteiger partial charge in [0.25, 0.3) is 0 Å². The Morgan fingerprint density at radius 3 is 1.96 bits per heavy atom. The second kappa shape index (κ2) is 9.95. The lowest BCUT2D eigenvalue weighted by molar-refractivity contribution is 0.114. The molecular formula is C28H42. The van der Waals surface area contributed by atoms with Crippen molar-refractivity contribution in [3.63, 3.8) is 0 Å². The average Bonchev–Trinajstić information content (AvgIpc) is 2.78. The molecular weight excluding hydrogens is 336 g/mol. The van der Waals surface area contributed by atoms with E-state index in [2.05, 4.69) is 69.8 Å². The fourth-order valence-corrected chi connectivity index (χ4v) is 5.65. The zero-order valence-corrected chi connectivity index (χ0v) is 18.6. The monoisotopic (exact) mass is 378 g/mol. The van der Waals surface area contributed by atoms with E-state index in [4.69, 9.17) is 0 Å². The first kappa shape index (κ1) is 21.4. The third kappa shape index (κ3) is 5.19. The highest BCUT2D eigenvalue weighted by Crippen LogP contribution is 2.44. The summed E-state index contributed by atoms with van der Waals surface area (Å²) < 4.78 is 0. The van der Waals surface area contributed by atoms with Gasteiger partial charge in [-0.2, -0.15) is 0 Å². The van der Waals surface area contributed by atoms with Gasteiger partial charge in [0.05, 0.1) is 0 Å². The molecule has 1 aromatic carbocycles. The van der Waals surface area contributed by atoms with E-state index in [1.807, 2.05) is 0 Å². The summed E-state index contributed by atoms with van der Waals surface area (Å²) in [5.74, 6) is 3.22. The second-order valence-corrected chi connectivity index (χ2v) is 9.85. The molecule has 0 saturated heterocycles. The molecule has 0 radical (unpaired) electrons. The van der Waals surface area contributed by atoms with Crippen LogP contribution in [0.5, 0.6) is 0 Å². The number of allylic oxidation sites excluding steroid dienone is 2. The predicted molar refractivity (Wildman–Crippen MR) is 125 cm³/mol. The van der Waals surface area contributed by atoms with Crippen LogP contribution < -0.4 is 0 Å². The molecule has 0 heterocycles. The van der Waals surface area contributed by atoms with Gasteiger partial charge < -0.3 is 0 Å². The standard InChI is InChI=1S/C28H42/c1-5-22-10-16-25(17-11-22)26-18-12-23(13-19-26)8-9-24-14-20-27(21-15-24)28(4,6-2)7-3/h5,8-9,12-13,18-19,22,24-25,27H,1,6-7,10-11,14-17,20-21H2,2-4H3. The number of benzene rings is 1. The molecule has 0 unspecified atom stereocenters. The van der Waals surface area contributed by atoms with Crippen molar-refractivity contribution in [2.24, 2.45) is 23.2 Å². The number of hydrogen-bond donors (Lipinski definition) is 0. The minimum absolute atomic E-state index is 0.565. The molecule has 3 rings (SSSR count). The zero-order chi connectivity index (χ0) is 20.0. The summed E-state index contributed by atoms with van der Waals surface area (Å²) in [6, 6.07) is 9.43. The summed E-state index contributed by atoms with van der Waals surface area (Å²) in [6.07, 6.45) is 20.5. The first-order valence-electron chi connectivity index (χ1n) is 12.0. The van der Waals surface area contributed by atoms with Gasteiger partial charge in [-0.3, -0.25) is 0 Å². The number of rotatable bonds is 7. The summed E-state index contributed by atoms with van der Waals surface area (Å²) in [5.41, 5.74) is 3.48. The Balaban J connectivity index is 1.50. The van der Waals surface area contributed by atoms with E-state index >= 15 is 0 Å². The van der Waals surface area contributed by atoms with Crippen LogP contribution in [0, 0.1) is 23.2 Å². The predicted octanol–water partition coefficient (Wildman–Crippen LogP) is 8.79. The van der Waals surface area contributed by atoms with Gasteiger partial charge >= 0.3 is 0 Å². The molecule has 2 aliphatic rings. The van der Waals surface area contributed by atoms with E-state index in [1.54, 1.807) is 5.56 Å². The van der Waals surface area contributed by atoms with E-state index in [0.29, 0.717) is 5.41 Å². The molecule has 0 bridgehead atoms. The highest BCUT2D eigenvalue weighted by Gasteiger charge is 2.33. The summed E-state index contributed by atoms with van der Waals surface area (Å²) in [6.45, 7) is 11.2. The highest BCUT2D eigenvalue weighted by molar-refractivity contribution is 5.50. The van der Waals surface area contributed by atoms with E-state index in [1.165, 1.54) is 69.8 Å². The van der Waals surface area contributed by atoms with Crippen LogP contribution >= 0.6 is 0 Å². The van der Waals surface area contributed by atoms with Gasteiger partial charge in [0, 0.05) is 0 Å². The van der Waals surface area contributed by atoms with Crippen LogP contribution in [0.4, 0.5) is 0 Å². The maximum absolute atomic E-state index is 3.97. The smallest absolute Gasteiger partial charge is 0.0162 e. The van der Waals surface area contributed by atoms with Crippen LogP contribution in [0.25, 0.3) is 6.08 Å². The highest BCUT2D eigenvalue weighted by atomic mass is 14.4. The van der Waals surface area contributed by atoms with Gasteiger partial charge in [0.1, 0.15) is 0 Å². The van der Waals surface area contributed by atoms with E-state index in [-0.39, 0.29) is 0 Å². The molecule has 0 aliphatic heterocycles. The third-order valence-corrected chi connectivity index (χ3v) is 8.45. The van der Waals surface area contributed by atoms with Crippen molar-refractivity contribution >= 4 is 6.08 Å². The molecule has 154 valence electrons. The maximum atomic E-state index is 3.97. The van der Waals surface area contributed by atoms with Gasteiger partial charge in [-0.05, 0) is 91.6 Å². The Bertz CT molecular complexity index is 615. The Morgan fingerprint density at radius 2 is 1.43 bits per heavy atom. The Morgan fingerprint density at radius 1 is 0.857 bits per heavy atom. The molecule has 2 fully saturated rings. The number of hydrogen-bond acceptors (Lipinski definition) is 0. The topological polar surface area (TPSA) is 0 Å². The molecule has 0 heteroatoms. The van der Waals surface area contributed by atoms with Crippen LogP contribution in [-0.4, -0.2) is 0 Å². The summed E-state index contributed by atoms with van der Waals surface area (Å²) in [4.78, 5) is 0. The van der Waals surface area contributed by atoms with Crippen molar-refractivity contribution in [2.75, 3.05) is 0 Å². The largest absolute Gasteiger partial charge is 0.103 e. The first-order valence-corrected chi connectivity index (χ1v) is 12.0. The maximum Gasteiger partial charge on any atom is -0.0162 e. The molecule has 2 aliphatic carbocycles. The summed E-state index contributed by atoms with van der Waals surface area (Å²) in [5, 5.41) is 0. The van der Waals surface area contributed by atoms with Gasteiger partial charge in [-0.15, -0.1) is 6.58 Å². The lowest BCUT2D eigenvalue weighted by atomic mass is 9.65. The lowest BCUT2D eigenvalue weighted by Crippen LogP contribution is -2.29. The molecule has 28 heavy (non-hydrogen) atoms. The fourth-order valence-electron chi connectivity index (χ4n) is 5.65. The Labute approximate surface area is 174 Å². The van der Waals surface area contributed by atoms with Crippen LogP contribution in [0.1, 0.15) is 102 Å². The molecule has 0 nitrogen and oxygen atoms in total. The van der Waals surface area contributed by atoms with Crippen molar-refractivity contribution in [1.29, 1.82) is 0 Å². The quantitative estimate of drug-likeness (QED) is 0.416. The fraction of sp³-hybridized carbons (Fsp3) is 0.643. The van der Waals surface area contributed by atoms with Gasteiger partial charge in [0.2, 0.25) is 0 Å².